The van der Waals surface area contributed by atoms with Gasteiger partial charge in [0.05, 0.1) is 29.4 Å². The van der Waals surface area contributed by atoms with Gasteiger partial charge in [0.15, 0.2) is 5.69 Å². The van der Waals surface area contributed by atoms with Gasteiger partial charge in [-0.15, -0.1) is 5.10 Å². The largest absolute Gasteiger partial charge is 0.464 e. The molecule has 0 aliphatic carbocycles. The predicted molar refractivity (Wildman–Crippen MR) is 76.3 cm³/mol. The van der Waals surface area contributed by atoms with Crippen LogP contribution < -0.4 is 0 Å². The Morgan fingerprint density at radius 1 is 1.40 bits per heavy atom. The zero-order valence-electron chi connectivity index (χ0n) is 11.1. The number of carbonyl (C=O) groups is 1. The van der Waals surface area contributed by atoms with Crippen molar-refractivity contribution in [2.24, 2.45) is 0 Å². The molecule has 0 aliphatic heterocycles. The molecule has 5 nitrogen and oxygen atoms in total. The van der Waals surface area contributed by atoms with Gasteiger partial charge in [-0.1, -0.05) is 47.5 Å². The van der Waals surface area contributed by atoms with Crippen molar-refractivity contribution in [2.45, 2.75) is 19.9 Å². The Kier molecular flexibility index (Phi) is 4.62. The summed E-state index contributed by atoms with van der Waals surface area (Å²) in [5, 5.41) is 8.81. The first kappa shape index (κ1) is 14.8. The van der Waals surface area contributed by atoms with Crippen molar-refractivity contribution in [2.75, 3.05) is 7.11 Å². The summed E-state index contributed by atoms with van der Waals surface area (Å²) < 4.78 is 6.31. The molecule has 106 valence electrons. The Bertz CT molecular complexity index is 641. The normalized spacial score (nSPS) is 10.6. The van der Waals surface area contributed by atoms with Crippen molar-refractivity contribution in [1.29, 1.82) is 0 Å². The molecule has 0 unspecified atom stereocenters. The fraction of sp³-hybridized carbons (Fsp3) is 0.308. The van der Waals surface area contributed by atoms with Crippen molar-refractivity contribution in [3.8, 4) is 0 Å². The first-order chi connectivity index (χ1) is 9.58. The molecule has 7 heteroatoms. The number of benzene rings is 1. The number of methoxy groups -OCH3 is 1. The van der Waals surface area contributed by atoms with E-state index in [1.807, 2.05) is 19.1 Å². The average Bonchev–Trinajstić information content (AvgIpc) is 2.85. The highest BCUT2D eigenvalue weighted by Gasteiger charge is 2.19. The Morgan fingerprint density at radius 2 is 2.15 bits per heavy atom. The molecule has 1 aromatic carbocycles. The lowest BCUT2D eigenvalue weighted by atomic mass is 10.2. The van der Waals surface area contributed by atoms with Crippen LogP contribution in [-0.4, -0.2) is 28.1 Å². The third-order valence-electron chi connectivity index (χ3n) is 2.90. The van der Waals surface area contributed by atoms with E-state index >= 15 is 0 Å². The van der Waals surface area contributed by atoms with E-state index < -0.39 is 5.97 Å². The predicted octanol–water partition coefficient (Wildman–Crippen LogP) is 2.98. The van der Waals surface area contributed by atoms with Crippen LogP contribution in [-0.2, 0) is 17.7 Å². The van der Waals surface area contributed by atoms with Gasteiger partial charge in [0.1, 0.15) is 0 Å². The Balaban J connectivity index is 2.37. The van der Waals surface area contributed by atoms with Crippen LogP contribution >= 0.6 is 23.2 Å². The van der Waals surface area contributed by atoms with E-state index in [4.69, 9.17) is 23.2 Å². The molecule has 0 fully saturated rings. The third kappa shape index (κ3) is 2.78. The van der Waals surface area contributed by atoms with Gasteiger partial charge in [0.25, 0.3) is 0 Å². The molecular weight excluding hydrogens is 301 g/mol. The first-order valence-electron chi connectivity index (χ1n) is 6.02. The standard InChI is InChI=1S/C13H13Cl2N3O2/c1-3-10-12(13(19)20-2)16-17-18(10)7-8-5-4-6-9(14)11(8)15/h4-6H,3,7H2,1-2H3. The zero-order chi connectivity index (χ0) is 14.7. The van der Waals surface area contributed by atoms with Gasteiger partial charge in [-0.2, -0.15) is 0 Å². The van der Waals surface area contributed by atoms with E-state index in [1.165, 1.54) is 7.11 Å². The van der Waals surface area contributed by atoms with Gasteiger partial charge in [-0.05, 0) is 18.1 Å². The molecule has 0 spiro atoms. The van der Waals surface area contributed by atoms with E-state index in [-0.39, 0.29) is 5.69 Å². The van der Waals surface area contributed by atoms with Gasteiger partial charge >= 0.3 is 5.97 Å². The summed E-state index contributed by atoms with van der Waals surface area (Å²) in [7, 11) is 1.31. The highest BCUT2D eigenvalue weighted by molar-refractivity contribution is 6.42. The lowest BCUT2D eigenvalue weighted by molar-refractivity contribution is 0.0592. The topological polar surface area (TPSA) is 57.0 Å². The van der Waals surface area contributed by atoms with Crippen molar-refractivity contribution >= 4 is 29.2 Å². The van der Waals surface area contributed by atoms with Crippen LogP contribution in [0, 0.1) is 0 Å². The number of esters is 1. The monoisotopic (exact) mass is 313 g/mol. The summed E-state index contributed by atoms with van der Waals surface area (Å²) >= 11 is 12.1. The van der Waals surface area contributed by atoms with Gasteiger partial charge in [-0.3, -0.25) is 0 Å². The van der Waals surface area contributed by atoms with Crippen molar-refractivity contribution in [3.05, 3.63) is 45.2 Å². The maximum atomic E-state index is 11.6. The lowest BCUT2D eigenvalue weighted by Crippen LogP contribution is -2.10. The first-order valence-corrected chi connectivity index (χ1v) is 6.77. The minimum atomic E-state index is -0.495. The molecule has 1 heterocycles. The fourth-order valence-electron chi connectivity index (χ4n) is 1.90. The summed E-state index contributed by atoms with van der Waals surface area (Å²) in [4.78, 5) is 11.6. The maximum Gasteiger partial charge on any atom is 0.360 e. The van der Waals surface area contributed by atoms with Crippen LogP contribution in [0.3, 0.4) is 0 Å². The number of ether oxygens (including phenoxy) is 1. The molecule has 0 saturated heterocycles. The third-order valence-corrected chi connectivity index (χ3v) is 3.76. The summed E-state index contributed by atoms with van der Waals surface area (Å²) in [5.74, 6) is -0.495. The highest BCUT2D eigenvalue weighted by Crippen LogP contribution is 2.26. The summed E-state index contributed by atoms with van der Waals surface area (Å²) in [6, 6.07) is 5.38. The summed E-state index contributed by atoms with van der Waals surface area (Å²) in [5.41, 5.74) is 1.75. The van der Waals surface area contributed by atoms with Gasteiger partial charge < -0.3 is 4.74 Å². The number of halogens is 2. The van der Waals surface area contributed by atoms with Crippen LogP contribution in [0.15, 0.2) is 18.2 Å². The number of nitrogens with zero attached hydrogens (tertiary/aromatic N) is 3. The molecule has 0 aliphatic rings. The molecule has 0 bridgehead atoms. The van der Waals surface area contributed by atoms with Crippen molar-refractivity contribution in [3.63, 3.8) is 0 Å². The Morgan fingerprint density at radius 3 is 2.80 bits per heavy atom. The molecular formula is C13H13Cl2N3O2. The average molecular weight is 314 g/mol. The van der Waals surface area contributed by atoms with Crippen LogP contribution in [0.5, 0.6) is 0 Å². The maximum absolute atomic E-state index is 11.6. The van der Waals surface area contributed by atoms with E-state index in [0.29, 0.717) is 28.7 Å². The van der Waals surface area contributed by atoms with Crippen molar-refractivity contribution in [1.82, 2.24) is 15.0 Å². The summed E-state index contributed by atoms with van der Waals surface area (Å²) in [6.07, 6.45) is 0.607. The molecule has 1 aromatic heterocycles. The molecule has 2 aromatic rings. The number of rotatable bonds is 4. The van der Waals surface area contributed by atoms with E-state index in [9.17, 15) is 4.79 Å². The minimum Gasteiger partial charge on any atom is -0.464 e. The summed E-state index contributed by atoms with van der Waals surface area (Å²) in [6.45, 7) is 2.31. The number of hydrogen-bond acceptors (Lipinski definition) is 4. The Labute approximate surface area is 126 Å². The van der Waals surface area contributed by atoms with Gasteiger partial charge in [0, 0.05) is 0 Å². The number of carbonyl (C=O) groups excluding carboxylic acids is 1. The number of aromatic nitrogens is 3. The second-order valence-electron chi connectivity index (χ2n) is 4.10. The highest BCUT2D eigenvalue weighted by atomic mass is 35.5. The number of hydrogen-bond donors (Lipinski definition) is 0. The second kappa shape index (κ2) is 6.24. The molecule has 0 atom stereocenters. The molecule has 0 N–H and O–H groups in total. The van der Waals surface area contributed by atoms with E-state index in [1.54, 1.807) is 10.7 Å². The van der Waals surface area contributed by atoms with Crippen LogP contribution in [0.4, 0.5) is 0 Å². The minimum absolute atomic E-state index is 0.230. The molecule has 2 rings (SSSR count). The molecule has 0 radical (unpaired) electrons. The lowest BCUT2D eigenvalue weighted by Gasteiger charge is -2.08. The zero-order valence-corrected chi connectivity index (χ0v) is 12.6. The molecule has 0 amide bonds. The van der Waals surface area contributed by atoms with Gasteiger partial charge in [-0.25, -0.2) is 9.48 Å². The van der Waals surface area contributed by atoms with Crippen LogP contribution in [0.25, 0.3) is 0 Å². The Hall–Kier alpha value is -1.59. The quantitative estimate of drug-likeness (QED) is 0.814. The SMILES string of the molecule is CCc1c(C(=O)OC)nnn1Cc1cccc(Cl)c1Cl. The second-order valence-corrected chi connectivity index (χ2v) is 4.89. The smallest absolute Gasteiger partial charge is 0.360 e. The van der Waals surface area contributed by atoms with Crippen molar-refractivity contribution < 1.29 is 9.53 Å². The van der Waals surface area contributed by atoms with E-state index in [0.717, 1.165) is 5.56 Å². The fourth-order valence-corrected chi connectivity index (χ4v) is 2.28. The van der Waals surface area contributed by atoms with Gasteiger partial charge in [0.2, 0.25) is 0 Å². The van der Waals surface area contributed by atoms with Crippen LogP contribution in [0.1, 0.15) is 28.7 Å². The molecule has 20 heavy (non-hydrogen) atoms. The molecule has 0 saturated carbocycles. The van der Waals surface area contributed by atoms with Crippen LogP contribution in [0.2, 0.25) is 10.0 Å². The van der Waals surface area contributed by atoms with E-state index in [2.05, 4.69) is 15.0 Å².